The van der Waals surface area contributed by atoms with Gasteiger partial charge in [0.05, 0.1) is 13.2 Å². The molecular weight excluding hydrogens is 427 g/mol. The second kappa shape index (κ2) is 9.94. The van der Waals surface area contributed by atoms with Crippen molar-refractivity contribution in [1.29, 1.82) is 0 Å². The maximum Gasteiger partial charge on any atom is 0.185 e. The fraction of sp³-hybridized carbons (Fsp3) is 0.571. The van der Waals surface area contributed by atoms with Crippen molar-refractivity contribution in [3.8, 4) is 0 Å². The Balaban J connectivity index is 0.00000120. The minimum atomic E-state index is 0. The number of thiazole rings is 1. The lowest BCUT2D eigenvalue weighted by Gasteiger charge is -2.27. The number of benzene rings is 1. The summed E-state index contributed by atoms with van der Waals surface area (Å²) < 4.78 is 5.46. The normalized spacial score (nSPS) is 27.3. The predicted octanol–water partition coefficient (Wildman–Crippen LogP) is 3.56. The zero-order valence-corrected chi connectivity index (χ0v) is 19.2. The molecule has 5 rings (SSSR count). The first-order valence-corrected chi connectivity index (χ1v) is 10.8. The van der Waals surface area contributed by atoms with Gasteiger partial charge in [0.15, 0.2) is 5.13 Å². The summed E-state index contributed by atoms with van der Waals surface area (Å²) in [4.78, 5) is 13.6. The van der Waals surface area contributed by atoms with E-state index in [1.807, 2.05) is 11.3 Å². The molecule has 0 saturated carbocycles. The van der Waals surface area contributed by atoms with Gasteiger partial charge in [-0.15, -0.1) is 36.2 Å². The molecule has 4 heterocycles. The Labute approximate surface area is 189 Å². The van der Waals surface area contributed by atoms with Gasteiger partial charge in [0.2, 0.25) is 0 Å². The van der Waals surface area contributed by atoms with Gasteiger partial charge < -0.3 is 9.64 Å². The molecule has 0 amide bonds. The molecule has 1 aromatic carbocycles. The van der Waals surface area contributed by atoms with Crippen LogP contribution in [0.2, 0.25) is 0 Å². The molecular formula is C21H30Cl2N4OS. The van der Waals surface area contributed by atoms with E-state index in [0.29, 0.717) is 6.04 Å². The highest BCUT2D eigenvalue weighted by Gasteiger charge is 2.45. The highest BCUT2D eigenvalue weighted by atomic mass is 35.5. The molecule has 0 spiro atoms. The highest BCUT2D eigenvalue weighted by molar-refractivity contribution is 7.15. The first kappa shape index (κ1) is 22.8. The lowest BCUT2D eigenvalue weighted by Crippen LogP contribution is -2.36. The Morgan fingerprint density at radius 3 is 2.59 bits per heavy atom. The monoisotopic (exact) mass is 456 g/mol. The third-order valence-electron chi connectivity index (χ3n) is 6.31. The quantitative estimate of drug-likeness (QED) is 0.701. The van der Waals surface area contributed by atoms with Gasteiger partial charge in [0, 0.05) is 56.4 Å². The number of likely N-dealkylation sites (tertiary alicyclic amines) is 2. The number of ether oxygens (including phenoxy) is 1. The molecule has 0 N–H and O–H groups in total. The maximum absolute atomic E-state index is 5.46. The summed E-state index contributed by atoms with van der Waals surface area (Å²) in [6, 6.07) is 11.6. The molecule has 1 aromatic heterocycles. The van der Waals surface area contributed by atoms with Gasteiger partial charge in [-0.3, -0.25) is 9.80 Å². The van der Waals surface area contributed by atoms with Crippen molar-refractivity contribution in [2.75, 3.05) is 57.9 Å². The fourth-order valence-corrected chi connectivity index (χ4v) is 6.13. The van der Waals surface area contributed by atoms with E-state index >= 15 is 0 Å². The molecule has 0 unspecified atom stereocenters. The molecule has 3 saturated heterocycles. The van der Waals surface area contributed by atoms with E-state index in [2.05, 4.69) is 63.3 Å². The lowest BCUT2D eigenvalue weighted by atomic mass is 9.90. The van der Waals surface area contributed by atoms with Gasteiger partial charge in [-0.05, 0) is 24.4 Å². The van der Waals surface area contributed by atoms with Gasteiger partial charge in [-0.1, -0.05) is 30.3 Å². The first-order valence-electron chi connectivity index (χ1n) is 10.0. The summed E-state index contributed by atoms with van der Waals surface area (Å²) in [6.45, 7) is 8.22. The summed E-state index contributed by atoms with van der Waals surface area (Å²) >= 11 is 1.86. The van der Waals surface area contributed by atoms with Crippen LogP contribution in [0.1, 0.15) is 16.5 Å². The first-order chi connectivity index (χ1) is 13.3. The molecule has 160 valence electrons. The third kappa shape index (κ3) is 4.73. The van der Waals surface area contributed by atoms with Crippen molar-refractivity contribution in [3.63, 3.8) is 0 Å². The van der Waals surface area contributed by atoms with Gasteiger partial charge >= 0.3 is 0 Å². The molecule has 29 heavy (non-hydrogen) atoms. The van der Waals surface area contributed by atoms with E-state index in [9.17, 15) is 0 Å². The standard InChI is InChI=1S/C21H28N4OS.2ClH/c1-23-12-17-13-24(15-19(17)20(23)16-5-3-2-4-6-16)14-18-11-22-21(27-18)25-7-9-26-10-8-25;;/h2-6,11,17,19-20H,7-10,12-15H2,1H3;2*1H/t17-,19+,20-;;/m0../s1. The highest BCUT2D eigenvalue weighted by Crippen LogP contribution is 2.44. The molecule has 0 aliphatic carbocycles. The average molecular weight is 457 g/mol. The summed E-state index contributed by atoms with van der Waals surface area (Å²) in [5.41, 5.74) is 1.47. The molecule has 3 aliphatic heterocycles. The maximum atomic E-state index is 5.46. The van der Waals surface area contributed by atoms with Crippen molar-refractivity contribution in [2.45, 2.75) is 12.6 Å². The van der Waals surface area contributed by atoms with Crippen molar-refractivity contribution in [3.05, 3.63) is 47.0 Å². The number of halogens is 2. The van der Waals surface area contributed by atoms with Crippen molar-refractivity contribution in [1.82, 2.24) is 14.8 Å². The number of rotatable bonds is 4. The average Bonchev–Trinajstić information content (AvgIpc) is 3.38. The van der Waals surface area contributed by atoms with Crippen molar-refractivity contribution in [2.24, 2.45) is 11.8 Å². The van der Waals surface area contributed by atoms with E-state index < -0.39 is 0 Å². The molecule has 0 radical (unpaired) electrons. The van der Waals surface area contributed by atoms with Crippen LogP contribution in [-0.2, 0) is 11.3 Å². The van der Waals surface area contributed by atoms with E-state index in [0.717, 1.165) is 49.8 Å². The molecule has 5 nitrogen and oxygen atoms in total. The van der Waals surface area contributed by atoms with Crippen LogP contribution in [0.4, 0.5) is 5.13 Å². The second-order valence-corrected chi connectivity index (χ2v) is 9.22. The van der Waals surface area contributed by atoms with Gasteiger partial charge in [-0.25, -0.2) is 4.98 Å². The van der Waals surface area contributed by atoms with Gasteiger partial charge in [0.25, 0.3) is 0 Å². The Kier molecular flexibility index (Phi) is 7.81. The van der Waals surface area contributed by atoms with Crippen LogP contribution in [0.5, 0.6) is 0 Å². The van der Waals surface area contributed by atoms with Crippen LogP contribution in [0.3, 0.4) is 0 Å². The van der Waals surface area contributed by atoms with Crippen molar-refractivity contribution >= 4 is 41.3 Å². The summed E-state index contributed by atoms with van der Waals surface area (Å²) in [5, 5.41) is 1.16. The Hall–Kier alpha value is -0.890. The van der Waals surface area contributed by atoms with Crippen LogP contribution in [0.15, 0.2) is 36.5 Å². The lowest BCUT2D eigenvalue weighted by molar-refractivity contribution is 0.122. The fourth-order valence-electron chi connectivity index (χ4n) is 5.12. The summed E-state index contributed by atoms with van der Waals surface area (Å²) in [6.07, 6.45) is 2.09. The minimum absolute atomic E-state index is 0. The molecule has 3 atom stereocenters. The summed E-state index contributed by atoms with van der Waals surface area (Å²) in [5.74, 6) is 1.52. The Bertz CT molecular complexity index is 771. The van der Waals surface area contributed by atoms with Crippen LogP contribution in [-0.4, -0.2) is 67.8 Å². The Morgan fingerprint density at radius 2 is 1.83 bits per heavy atom. The molecule has 3 fully saturated rings. The predicted molar refractivity (Wildman–Crippen MR) is 124 cm³/mol. The minimum Gasteiger partial charge on any atom is -0.378 e. The SMILES string of the molecule is CN1C[C@H]2CN(Cc3cnc(N4CCOCC4)s3)C[C@H]2[C@@H]1c1ccccc1.Cl.Cl. The topological polar surface area (TPSA) is 31.8 Å². The third-order valence-corrected chi connectivity index (χ3v) is 7.36. The van der Waals surface area contributed by atoms with Crippen molar-refractivity contribution < 1.29 is 4.74 Å². The van der Waals surface area contributed by atoms with Gasteiger partial charge in [0.1, 0.15) is 0 Å². The number of hydrogen-bond acceptors (Lipinski definition) is 6. The van der Waals surface area contributed by atoms with Crippen LogP contribution in [0.25, 0.3) is 0 Å². The smallest absolute Gasteiger partial charge is 0.185 e. The number of anilines is 1. The molecule has 2 aromatic rings. The summed E-state index contributed by atoms with van der Waals surface area (Å²) in [7, 11) is 2.29. The van der Waals surface area contributed by atoms with E-state index in [-0.39, 0.29) is 24.8 Å². The molecule has 3 aliphatic rings. The number of aromatic nitrogens is 1. The zero-order chi connectivity index (χ0) is 18.2. The van der Waals surface area contributed by atoms with E-state index in [4.69, 9.17) is 4.74 Å². The largest absolute Gasteiger partial charge is 0.378 e. The van der Waals surface area contributed by atoms with Crippen LogP contribution in [0, 0.1) is 11.8 Å². The number of morpholine rings is 1. The molecule has 0 bridgehead atoms. The van der Waals surface area contributed by atoms with Crippen LogP contribution < -0.4 is 4.90 Å². The van der Waals surface area contributed by atoms with E-state index in [1.165, 1.54) is 30.1 Å². The number of hydrogen-bond donors (Lipinski definition) is 0. The zero-order valence-electron chi connectivity index (χ0n) is 16.8. The van der Waals surface area contributed by atoms with Crippen LogP contribution >= 0.6 is 36.2 Å². The number of nitrogens with zero attached hydrogens (tertiary/aromatic N) is 4. The second-order valence-electron chi connectivity index (χ2n) is 8.12. The Morgan fingerprint density at radius 1 is 1.07 bits per heavy atom. The van der Waals surface area contributed by atoms with Gasteiger partial charge in [-0.2, -0.15) is 0 Å². The van der Waals surface area contributed by atoms with E-state index in [1.54, 1.807) is 0 Å². The number of fused-ring (bicyclic) bond motifs is 1. The molecule has 8 heteroatoms.